The van der Waals surface area contributed by atoms with Crippen LogP contribution in [0.3, 0.4) is 0 Å². The van der Waals surface area contributed by atoms with E-state index in [-0.39, 0.29) is 5.41 Å². The lowest BCUT2D eigenvalue weighted by Crippen LogP contribution is -2.28. The highest BCUT2D eigenvalue weighted by atomic mass is 15.1. The van der Waals surface area contributed by atoms with Crippen molar-refractivity contribution in [1.29, 1.82) is 0 Å². The summed E-state index contributed by atoms with van der Waals surface area (Å²) in [6.45, 7) is 4.80. The fraction of sp³-hybridized carbons (Fsp3) is 0.0588. The van der Waals surface area contributed by atoms with Crippen molar-refractivity contribution < 1.29 is 0 Å². The van der Waals surface area contributed by atoms with Gasteiger partial charge in [0.25, 0.3) is 0 Å². The Kier molecular flexibility index (Phi) is 9.49. The minimum atomic E-state index is -0.493. The average Bonchev–Trinajstić information content (AvgIpc) is 3.85. The number of hydrogen-bond donors (Lipinski definition) is 0. The maximum absolute atomic E-state index is 2.50. The molecule has 1 nitrogen and oxygen atoms in total. The molecule has 2 aliphatic rings. The largest absolute Gasteiger partial charge is 0.310 e. The van der Waals surface area contributed by atoms with Crippen molar-refractivity contribution in [3.8, 4) is 55.6 Å². The van der Waals surface area contributed by atoms with Crippen molar-refractivity contribution in [3.63, 3.8) is 0 Å². The van der Waals surface area contributed by atoms with Crippen LogP contribution in [0.15, 0.2) is 261 Å². The molecule has 0 amide bonds. The van der Waals surface area contributed by atoms with Gasteiger partial charge >= 0.3 is 0 Å². The van der Waals surface area contributed by atoms with Crippen molar-refractivity contribution in [2.24, 2.45) is 0 Å². The van der Waals surface area contributed by atoms with E-state index in [9.17, 15) is 0 Å². The fourth-order valence-corrected chi connectivity index (χ4v) is 12.2. The maximum atomic E-state index is 2.50. The van der Waals surface area contributed by atoms with Crippen LogP contribution in [0, 0.1) is 0 Å². The molecule has 0 radical (unpaired) electrons. The van der Waals surface area contributed by atoms with Crippen LogP contribution in [0.5, 0.6) is 0 Å². The van der Waals surface area contributed by atoms with Crippen molar-refractivity contribution in [3.05, 3.63) is 294 Å². The van der Waals surface area contributed by atoms with E-state index in [0.29, 0.717) is 0 Å². The summed E-state index contributed by atoms with van der Waals surface area (Å²) in [6, 6.07) is 96.8. The van der Waals surface area contributed by atoms with Gasteiger partial charge in [0, 0.05) is 22.4 Å². The number of nitrogens with zero attached hydrogens (tertiary/aromatic N) is 1. The van der Waals surface area contributed by atoms with Crippen molar-refractivity contribution in [2.45, 2.75) is 24.7 Å². The van der Waals surface area contributed by atoms with Gasteiger partial charge in [0.15, 0.2) is 0 Å². The smallest absolute Gasteiger partial charge is 0.0713 e. The molecule has 2 aliphatic carbocycles. The molecule has 0 N–H and O–H groups in total. The molecular weight excluding hydrogens is 831 g/mol. The summed E-state index contributed by atoms with van der Waals surface area (Å²) in [5, 5.41) is 2.60. The molecular formula is C68H49N. The molecule has 0 heterocycles. The molecule has 13 rings (SSSR count). The number of hydrogen-bond acceptors (Lipinski definition) is 1. The summed E-state index contributed by atoms with van der Waals surface area (Å²) in [5.74, 6) is 0. The van der Waals surface area contributed by atoms with E-state index < -0.39 is 5.41 Å². The lowest BCUT2D eigenvalue weighted by molar-refractivity contribution is 0.666. The molecule has 69 heavy (non-hydrogen) atoms. The molecule has 1 heteroatoms. The van der Waals surface area contributed by atoms with Crippen LogP contribution >= 0.6 is 0 Å². The van der Waals surface area contributed by atoms with Gasteiger partial charge in [0.2, 0.25) is 0 Å². The van der Waals surface area contributed by atoms with Crippen molar-refractivity contribution >= 4 is 27.8 Å². The zero-order valence-electron chi connectivity index (χ0n) is 38.8. The molecule has 0 spiro atoms. The molecule has 11 aromatic rings. The van der Waals surface area contributed by atoms with Gasteiger partial charge in [-0.05, 0) is 125 Å². The molecule has 0 bridgehead atoms. The highest BCUT2D eigenvalue weighted by Gasteiger charge is 2.46. The van der Waals surface area contributed by atoms with Crippen LogP contribution in [0.2, 0.25) is 0 Å². The molecule has 0 atom stereocenters. The Morgan fingerprint density at radius 2 is 0.841 bits per heavy atom. The molecule has 326 valence electrons. The second-order valence-electron chi connectivity index (χ2n) is 19.1. The Hall–Kier alpha value is -8.52. The van der Waals surface area contributed by atoms with Gasteiger partial charge in [-0.25, -0.2) is 0 Å². The molecule has 0 saturated carbocycles. The summed E-state index contributed by atoms with van der Waals surface area (Å²) >= 11 is 0. The Morgan fingerprint density at radius 3 is 1.55 bits per heavy atom. The number of anilines is 3. The van der Waals surface area contributed by atoms with Crippen LogP contribution in [0.25, 0.3) is 66.4 Å². The summed E-state index contributed by atoms with van der Waals surface area (Å²) in [5.41, 5.74) is 22.8. The Morgan fingerprint density at radius 1 is 0.319 bits per heavy atom. The van der Waals surface area contributed by atoms with Gasteiger partial charge in [-0.15, -0.1) is 0 Å². The first-order valence-electron chi connectivity index (χ1n) is 24.2. The number of rotatable bonds is 8. The third-order valence-electron chi connectivity index (χ3n) is 15.1. The third-order valence-corrected chi connectivity index (χ3v) is 15.1. The van der Waals surface area contributed by atoms with Crippen LogP contribution in [0.4, 0.5) is 17.1 Å². The summed E-state index contributed by atoms with van der Waals surface area (Å²) in [4.78, 5) is 2.50. The van der Waals surface area contributed by atoms with Gasteiger partial charge in [0.05, 0.1) is 11.1 Å². The van der Waals surface area contributed by atoms with E-state index in [1.54, 1.807) is 0 Å². The highest BCUT2D eigenvalue weighted by Crippen LogP contribution is 2.59. The molecule has 11 aromatic carbocycles. The molecule has 0 unspecified atom stereocenters. The first kappa shape index (κ1) is 40.7. The number of benzene rings is 11. The quantitative estimate of drug-likeness (QED) is 0.147. The monoisotopic (exact) mass is 879 g/mol. The van der Waals surface area contributed by atoms with E-state index >= 15 is 0 Å². The molecule has 0 aromatic heterocycles. The summed E-state index contributed by atoms with van der Waals surface area (Å²) in [7, 11) is 0. The van der Waals surface area contributed by atoms with Gasteiger partial charge < -0.3 is 4.90 Å². The van der Waals surface area contributed by atoms with E-state index in [1.165, 1.54) is 99.8 Å². The van der Waals surface area contributed by atoms with Crippen molar-refractivity contribution in [2.75, 3.05) is 4.90 Å². The second-order valence-corrected chi connectivity index (χ2v) is 19.1. The predicted molar refractivity (Wildman–Crippen MR) is 290 cm³/mol. The minimum Gasteiger partial charge on any atom is -0.310 e. The topological polar surface area (TPSA) is 3.24 Å². The van der Waals surface area contributed by atoms with E-state index in [1.807, 2.05) is 0 Å². The van der Waals surface area contributed by atoms with Crippen LogP contribution in [-0.4, -0.2) is 0 Å². The number of fused-ring (bicyclic) bond motifs is 8. The van der Waals surface area contributed by atoms with Crippen LogP contribution in [-0.2, 0) is 10.8 Å². The Bertz CT molecular complexity index is 3680. The summed E-state index contributed by atoms with van der Waals surface area (Å²) in [6.07, 6.45) is 0. The zero-order valence-corrected chi connectivity index (χ0v) is 38.8. The fourth-order valence-electron chi connectivity index (χ4n) is 12.2. The van der Waals surface area contributed by atoms with Crippen molar-refractivity contribution in [1.82, 2.24) is 0 Å². The predicted octanol–water partition coefficient (Wildman–Crippen LogP) is 18.0. The normalized spacial score (nSPS) is 13.6. The second kappa shape index (κ2) is 16.1. The Labute approximate surface area is 405 Å². The third kappa shape index (κ3) is 6.24. The van der Waals surface area contributed by atoms with Gasteiger partial charge in [0.1, 0.15) is 0 Å². The molecule has 0 fully saturated rings. The van der Waals surface area contributed by atoms with Crippen LogP contribution < -0.4 is 4.90 Å². The first-order valence-corrected chi connectivity index (χ1v) is 24.2. The van der Waals surface area contributed by atoms with E-state index in [0.717, 1.165) is 17.1 Å². The average molecular weight is 880 g/mol. The lowest BCUT2D eigenvalue weighted by atomic mass is 9.68. The summed E-state index contributed by atoms with van der Waals surface area (Å²) < 4.78 is 0. The minimum absolute atomic E-state index is 0.186. The standard InChI is InChI=1S/C68H49N/c1-67(2)62-35-19-32-57(65(62)58-43-39-48-23-15-16-30-54(48)66(58)67)56-33-20-36-63(64(56)49-24-9-4-10-25-49)69(52-40-37-47(38-41-52)46-21-7-3-8-22-46)53-42-44-61-59(45-53)55-31-17-18-34-60(55)68(61,50-26-11-5-12-27-50)51-28-13-6-14-29-51/h3-45H,1-2H3. The van der Waals surface area contributed by atoms with E-state index in [4.69, 9.17) is 0 Å². The zero-order chi connectivity index (χ0) is 46.1. The van der Waals surface area contributed by atoms with Gasteiger partial charge in [-0.3, -0.25) is 0 Å². The Balaban J connectivity index is 1.08. The van der Waals surface area contributed by atoms with Crippen LogP contribution in [0.1, 0.15) is 47.2 Å². The lowest BCUT2D eigenvalue weighted by Gasteiger charge is -2.34. The highest BCUT2D eigenvalue weighted by molar-refractivity contribution is 6.06. The molecule has 0 aliphatic heterocycles. The first-order chi connectivity index (χ1) is 34.0. The maximum Gasteiger partial charge on any atom is 0.0713 e. The van der Waals surface area contributed by atoms with E-state index in [2.05, 4.69) is 280 Å². The van der Waals surface area contributed by atoms with Gasteiger partial charge in [-0.1, -0.05) is 244 Å². The SMILES string of the molecule is CC1(C)c2cccc(-c3cccc(N(c4ccc(-c5ccccc5)cc4)c4ccc5c(c4)-c4ccccc4C5(c4ccccc4)c4ccccc4)c3-c3ccccc3)c2-c2ccc3ccccc3c21. The van der Waals surface area contributed by atoms with Gasteiger partial charge in [-0.2, -0.15) is 0 Å². The molecule has 0 saturated heterocycles.